The molecule has 11 rings (SSSR count). The Bertz CT molecular complexity index is 3440. The third kappa shape index (κ3) is 4.83. The predicted molar refractivity (Wildman–Crippen MR) is 221 cm³/mol. The van der Waals surface area contributed by atoms with E-state index in [4.69, 9.17) is 26.2 Å². The van der Waals surface area contributed by atoms with Gasteiger partial charge >= 0.3 is 0 Å². The van der Waals surface area contributed by atoms with Crippen molar-refractivity contribution in [3.05, 3.63) is 182 Å². The highest BCUT2D eigenvalue weighted by Gasteiger charge is 2.22. The van der Waals surface area contributed by atoms with Gasteiger partial charge < -0.3 is 8.98 Å². The fourth-order valence-electron chi connectivity index (χ4n) is 7.69. The van der Waals surface area contributed by atoms with Crippen LogP contribution < -0.4 is 0 Å². The topological polar surface area (TPSA) is 56.7 Å². The van der Waals surface area contributed by atoms with Crippen LogP contribution in [0.3, 0.4) is 0 Å². The Hall–Kier alpha value is -7.37. The summed E-state index contributed by atoms with van der Waals surface area (Å²) in [6.07, 6.45) is 0. The molecule has 0 saturated carbocycles. The first kappa shape index (κ1) is 25.6. The van der Waals surface area contributed by atoms with Gasteiger partial charge in [0.2, 0.25) is 0 Å². The van der Waals surface area contributed by atoms with Crippen LogP contribution in [0.5, 0.6) is 0 Å². The minimum atomic E-state index is -0.493. The number of fused-ring (bicyclic) bond motifs is 7. The molecule has 8 aromatic carbocycles. The molecule has 252 valence electrons. The van der Waals surface area contributed by atoms with Crippen LogP contribution in [0.4, 0.5) is 0 Å². The van der Waals surface area contributed by atoms with Gasteiger partial charge in [-0.3, -0.25) is 0 Å². The van der Waals surface area contributed by atoms with Crippen molar-refractivity contribution >= 4 is 54.5 Å². The van der Waals surface area contributed by atoms with Gasteiger partial charge in [-0.15, -0.1) is 0 Å². The highest BCUT2D eigenvalue weighted by atomic mass is 16.3. The Balaban J connectivity index is 1.24. The zero-order valence-electron chi connectivity index (χ0n) is 33.6. The van der Waals surface area contributed by atoms with Crippen molar-refractivity contribution in [1.82, 2.24) is 19.5 Å². The molecule has 0 aliphatic carbocycles. The molecule has 0 aliphatic rings. The largest absolute Gasteiger partial charge is 0.455 e. The third-order valence-electron chi connectivity index (χ3n) is 10.1. The predicted octanol–water partition coefficient (Wildman–Crippen LogP) is 12.7. The van der Waals surface area contributed by atoms with E-state index in [0.717, 1.165) is 60.2 Å². The van der Waals surface area contributed by atoms with Gasteiger partial charge in [0, 0.05) is 38.4 Å². The maximum absolute atomic E-state index is 8.86. The Morgan fingerprint density at radius 3 is 1.87 bits per heavy atom. The van der Waals surface area contributed by atoms with E-state index in [-0.39, 0.29) is 23.0 Å². The maximum Gasteiger partial charge on any atom is 0.167 e. The second-order valence-electron chi connectivity index (χ2n) is 13.3. The molecule has 0 bridgehead atoms. The summed E-state index contributed by atoms with van der Waals surface area (Å²) in [4.78, 5) is 14.7. The summed E-state index contributed by atoms with van der Waals surface area (Å²) in [6, 6.07) is 48.8. The number of aromatic nitrogens is 4. The van der Waals surface area contributed by atoms with Crippen LogP contribution in [0, 0.1) is 0 Å². The average Bonchev–Trinajstić information content (AvgIpc) is 3.83. The number of hydrogen-bond donors (Lipinski definition) is 0. The summed E-state index contributed by atoms with van der Waals surface area (Å²) in [5, 5.41) is 6.24. The number of hydrogen-bond acceptors (Lipinski definition) is 4. The first-order valence-electron chi connectivity index (χ1n) is 20.2. The summed E-state index contributed by atoms with van der Waals surface area (Å²) in [5.74, 6) is 0.458. The smallest absolute Gasteiger partial charge is 0.167 e. The van der Waals surface area contributed by atoms with Crippen LogP contribution in [0.25, 0.3) is 105 Å². The number of rotatable bonds is 5. The highest BCUT2D eigenvalue weighted by molar-refractivity contribution is 6.13. The lowest BCUT2D eigenvalue weighted by Gasteiger charge is -2.12. The van der Waals surface area contributed by atoms with Crippen LogP contribution in [0.2, 0.25) is 0 Å². The molecule has 0 aliphatic heterocycles. The van der Waals surface area contributed by atoms with Crippen LogP contribution in [0.15, 0.2) is 186 Å². The van der Waals surface area contributed by atoms with Gasteiger partial charge in [0.05, 0.1) is 23.5 Å². The molecular formula is C49H30N4O. The Morgan fingerprint density at radius 2 is 1.09 bits per heavy atom. The number of furan rings is 1. The minimum Gasteiger partial charge on any atom is -0.455 e. The molecule has 0 fully saturated rings. The van der Waals surface area contributed by atoms with Gasteiger partial charge in [0.15, 0.2) is 17.5 Å². The summed E-state index contributed by atoms with van der Waals surface area (Å²) in [6.45, 7) is 0. The molecule has 0 unspecified atom stereocenters. The molecule has 0 N–H and O–H groups in total. The van der Waals surface area contributed by atoms with Gasteiger partial charge in [-0.1, -0.05) is 145 Å². The monoisotopic (exact) mass is 695 g/mol. The van der Waals surface area contributed by atoms with E-state index in [9.17, 15) is 0 Å². The lowest BCUT2D eigenvalue weighted by atomic mass is 9.97. The molecule has 0 amide bonds. The first-order chi connectivity index (χ1) is 28.8. The van der Waals surface area contributed by atoms with E-state index in [1.165, 1.54) is 0 Å². The summed E-state index contributed by atoms with van der Waals surface area (Å²) in [5.41, 5.74) is 7.30. The lowest BCUT2D eigenvalue weighted by molar-refractivity contribution is 0.669. The normalized spacial score (nSPS) is 13.0. The summed E-state index contributed by atoms with van der Waals surface area (Å²) in [7, 11) is 0. The van der Waals surface area contributed by atoms with Crippen molar-refractivity contribution in [2.75, 3.05) is 0 Å². The quantitative estimate of drug-likeness (QED) is 0.180. The first-order valence-corrected chi connectivity index (χ1v) is 17.7. The van der Waals surface area contributed by atoms with Crippen molar-refractivity contribution in [3.63, 3.8) is 0 Å². The second-order valence-corrected chi connectivity index (χ2v) is 13.3. The van der Waals surface area contributed by atoms with E-state index in [1.807, 2.05) is 72.8 Å². The van der Waals surface area contributed by atoms with Gasteiger partial charge in [-0.2, -0.15) is 0 Å². The van der Waals surface area contributed by atoms with E-state index in [1.54, 1.807) is 0 Å². The van der Waals surface area contributed by atoms with Gasteiger partial charge in [-0.25, -0.2) is 15.0 Å². The van der Waals surface area contributed by atoms with Crippen LogP contribution >= 0.6 is 0 Å². The van der Waals surface area contributed by atoms with Crippen molar-refractivity contribution in [1.29, 1.82) is 0 Å². The fraction of sp³-hybridized carbons (Fsp3) is 0. The fourth-order valence-corrected chi connectivity index (χ4v) is 7.69. The van der Waals surface area contributed by atoms with Gasteiger partial charge in [-0.05, 0) is 58.3 Å². The Morgan fingerprint density at radius 1 is 0.444 bits per heavy atom. The van der Waals surface area contributed by atoms with E-state index in [2.05, 4.69) is 83.4 Å². The van der Waals surface area contributed by atoms with Gasteiger partial charge in [0.25, 0.3) is 0 Å². The van der Waals surface area contributed by atoms with E-state index < -0.39 is 30.2 Å². The molecule has 0 atom stereocenters. The van der Waals surface area contributed by atoms with Crippen LogP contribution in [-0.4, -0.2) is 19.5 Å². The lowest BCUT2D eigenvalue weighted by Crippen LogP contribution is -2.01. The summed E-state index contributed by atoms with van der Waals surface area (Å²) < 4.78 is 52.0. The standard InChI is InChI=1S/C49H30N4O/c1-3-15-32(16-4-1)47-50-48(33-17-5-2-6-18-33)52-49(51-47)42-30-35(53-43-24-11-9-21-38(43)39-22-10-12-25-44(39)53)29-41-40-27-26-34(28-45(40)54-46(41)42)37-23-13-19-31-14-7-8-20-36(31)37/h1-30H/i1D,3D,4D,15D,16D. The minimum absolute atomic E-state index is 0.0457. The molecular weight excluding hydrogens is 661 g/mol. The number of nitrogens with zero attached hydrogens (tertiary/aromatic N) is 4. The maximum atomic E-state index is 8.86. The molecule has 0 radical (unpaired) electrons. The molecule has 5 heteroatoms. The molecule has 11 aromatic rings. The molecule has 54 heavy (non-hydrogen) atoms. The van der Waals surface area contributed by atoms with Crippen LogP contribution in [0.1, 0.15) is 6.85 Å². The molecule has 0 spiro atoms. The number of para-hydroxylation sites is 2. The molecule has 0 saturated heterocycles. The Kier molecular flexibility index (Phi) is 5.73. The SMILES string of the molecule is [2H]c1c([2H])c([2H])c(-c2nc(-c3ccccc3)nc(-c3cc(-n4c5ccccc5c5ccccc54)cc4c3oc3cc(-c5cccc6ccccc56)ccc34)n2)c([2H])c1[2H]. The van der Waals surface area contributed by atoms with Crippen molar-refractivity contribution < 1.29 is 11.3 Å². The third-order valence-corrected chi connectivity index (χ3v) is 10.1. The molecule has 3 heterocycles. The van der Waals surface area contributed by atoms with E-state index in [0.29, 0.717) is 22.3 Å². The van der Waals surface area contributed by atoms with Crippen molar-refractivity contribution in [2.45, 2.75) is 0 Å². The highest BCUT2D eigenvalue weighted by Crippen LogP contribution is 2.42. The average molecular weight is 696 g/mol. The summed E-state index contributed by atoms with van der Waals surface area (Å²) >= 11 is 0. The van der Waals surface area contributed by atoms with Gasteiger partial charge in [0.1, 0.15) is 11.2 Å². The number of benzene rings is 8. The zero-order valence-corrected chi connectivity index (χ0v) is 28.6. The second kappa shape index (κ2) is 12.1. The zero-order chi connectivity index (χ0) is 39.9. The van der Waals surface area contributed by atoms with E-state index >= 15 is 0 Å². The van der Waals surface area contributed by atoms with Crippen LogP contribution in [-0.2, 0) is 0 Å². The Labute approximate surface area is 317 Å². The molecule has 3 aromatic heterocycles. The molecule has 5 nitrogen and oxygen atoms in total. The van der Waals surface area contributed by atoms with Crippen molar-refractivity contribution in [3.8, 4) is 51.0 Å². The van der Waals surface area contributed by atoms with Crippen molar-refractivity contribution in [2.24, 2.45) is 0 Å².